The molecule has 1 unspecified atom stereocenters. The highest BCUT2D eigenvalue weighted by Gasteiger charge is 2.21. The van der Waals surface area contributed by atoms with Crippen molar-refractivity contribution in [3.8, 4) is 5.75 Å². The second-order valence-electron chi connectivity index (χ2n) is 4.50. The van der Waals surface area contributed by atoms with E-state index in [2.05, 4.69) is 15.9 Å². The minimum Gasteiger partial charge on any atom is -0.494 e. The van der Waals surface area contributed by atoms with E-state index in [0.717, 1.165) is 35.9 Å². The summed E-state index contributed by atoms with van der Waals surface area (Å²) in [7, 11) is 0. The third-order valence-corrected chi connectivity index (χ3v) is 3.76. The van der Waals surface area contributed by atoms with Gasteiger partial charge in [0.1, 0.15) is 11.5 Å². The predicted octanol–water partition coefficient (Wildman–Crippen LogP) is 3.98. The van der Waals surface area contributed by atoms with Crippen LogP contribution in [0.5, 0.6) is 5.75 Å². The van der Waals surface area contributed by atoms with Gasteiger partial charge in [0.05, 0.1) is 6.61 Å². The smallest absolute Gasteiger partial charge is 0.136 e. The van der Waals surface area contributed by atoms with E-state index < -0.39 is 0 Å². The van der Waals surface area contributed by atoms with Crippen LogP contribution in [-0.4, -0.2) is 12.4 Å². The Morgan fingerprint density at radius 2 is 2.00 bits per heavy atom. The highest BCUT2D eigenvalue weighted by atomic mass is 79.9. The van der Waals surface area contributed by atoms with E-state index in [1.165, 1.54) is 6.42 Å². The maximum Gasteiger partial charge on any atom is 0.136 e. The summed E-state index contributed by atoms with van der Waals surface area (Å²) < 4.78 is 6.69. The zero-order valence-electron chi connectivity index (χ0n) is 9.82. The molecular formula is C14H17BrO2. The number of ketones is 1. The fraction of sp³-hybridized carbons (Fsp3) is 0.500. The molecule has 1 aliphatic carbocycles. The van der Waals surface area contributed by atoms with Crippen molar-refractivity contribution >= 4 is 21.7 Å². The van der Waals surface area contributed by atoms with Gasteiger partial charge in [0.15, 0.2) is 0 Å². The van der Waals surface area contributed by atoms with Crippen molar-refractivity contribution in [2.75, 3.05) is 6.61 Å². The summed E-state index contributed by atoms with van der Waals surface area (Å²) in [4.78, 5) is 11.6. The van der Waals surface area contributed by atoms with E-state index in [4.69, 9.17) is 4.74 Å². The van der Waals surface area contributed by atoms with Crippen molar-refractivity contribution < 1.29 is 9.53 Å². The number of rotatable bonds is 4. The van der Waals surface area contributed by atoms with Crippen LogP contribution in [0.1, 0.15) is 32.1 Å². The molecule has 1 aromatic rings. The van der Waals surface area contributed by atoms with Crippen LogP contribution in [0, 0.1) is 5.92 Å². The van der Waals surface area contributed by atoms with Crippen molar-refractivity contribution in [3.63, 3.8) is 0 Å². The van der Waals surface area contributed by atoms with Crippen LogP contribution in [0.3, 0.4) is 0 Å². The van der Waals surface area contributed by atoms with E-state index in [9.17, 15) is 4.79 Å². The quantitative estimate of drug-likeness (QED) is 0.840. The van der Waals surface area contributed by atoms with Gasteiger partial charge < -0.3 is 4.74 Å². The number of hydrogen-bond donors (Lipinski definition) is 0. The van der Waals surface area contributed by atoms with Crippen molar-refractivity contribution in [2.24, 2.45) is 5.92 Å². The SMILES string of the molecule is O=C1CCCCC1CCOc1ccc(Br)cc1. The highest BCUT2D eigenvalue weighted by molar-refractivity contribution is 9.10. The molecule has 0 aromatic heterocycles. The molecule has 1 saturated carbocycles. The first-order chi connectivity index (χ1) is 8.25. The number of carbonyl (C=O) groups excluding carboxylic acids is 1. The van der Waals surface area contributed by atoms with Crippen LogP contribution in [0.15, 0.2) is 28.7 Å². The maximum absolute atomic E-state index is 11.6. The van der Waals surface area contributed by atoms with E-state index in [1.807, 2.05) is 24.3 Å². The zero-order chi connectivity index (χ0) is 12.1. The Bertz CT molecular complexity index is 372. The fourth-order valence-corrected chi connectivity index (χ4v) is 2.47. The monoisotopic (exact) mass is 296 g/mol. The molecule has 0 aliphatic heterocycles. The first-order valence-corrected chi connectivity index (χ1v) is 6.96. The molecule has 3 heteroatoms. The minimum atomic E-state index is 0.235. The summed E-state index contributed by atoms with van der Waals surface area (Å²) in [5.41, 5.74) is 0. The molecule has 1 fully saturated rings. The van der Waals surface area contributed by atoms with Gasteiger partial charge in [-0.1, -0.05) is 22.4 Å². The molecule has 0 spiro atoms. The fourth-order valence-electron chi connectivity index (χ4n) is 2.21. The minimum absolute atomic E-state index is 0.235. The number of carbonyl (C=O) groups is 1. The molecule has 1 aromatic carbocycles. The molecule has 1 aliphatic rings. The van der Waals surface area contributed by atoms with Gasteiger partial charge >= 0.3 is 0 Å². The largest absolute Gasteiger partial charge is 0.494 e. The lowest BCUT2D eigenvalue weighted by Gasteiger charge is -2.20. The second kappa shape index (κ2) is 6.20. The van der Waals surface area contributed by atoms with Crippen LogP contribution >= 0.6 is 15.9 Å². The van der Waals surface area contributed by atoms with Crippen LogP contribution in [-0.2, 0) is 4.79 Å². The molecule has 17 heavy (non-hydrogen) atoms. The Kier molecular flexibility index (Phi) is 4.60. The predicted molar refractivity (Wildman–Crippen MR) is 71.2 cm³/mol. The molecule has 92 valence electrons. The normalized spacial score (nSPS) is 20.3. The Balaban J connectivity index is 1.75. The molecule has 0 saturated heterocycles. The summed E-state index contributed by atoms with van der Waals surface area (Å²) in [6.07, 6.45) is 4.93. The maximum atomic E-state index is 11.6. The molecule has 2 nitrogen and oxygen atoms in total. The Morgan fingerprint density at radius 1 is 1.24 bits per heavy atom. The summed E-state index contributed by atoms with van der Waals surface area (Å²) >= 11 is 3.38. The van der Waals surface area contributed by atoms with Gasteiger partial charge in [-0.25, -0.2) is 0 Å². The van der Waals surface area contributed by atoms with E-state index in [1.54, 1.807) is 0 Å². The van der Waals surface area contributed by atoms with Crippen molar-refractivity contribution in [3.05, 3.63) is 28.7 Å². The lowest BCUT2D eigenvalue weighted by Crippen LogP contribution is -2.21. The van der Waals surface area contributed by atoms with Gasteiger partial charge in [0.2, 0.25) is 0 Å². The molecular weight excluding hydrogens is 280 g/mol. The molecule has 2 rings (SSSR count). The van der Waals surface area contributed by atoms with Crippen molar-refractivity contribution in [2.45, 2.75) is 32.1 Å². The second-order valence-corrected chi connectivity index (χ2v) is 5.42. The number of halogens is 1. The lowest BCUT2D eigenvalue weighted by atomic mass is 9.86. The first-order valence-electron chi connectivity index (χ1n) is 6.17. The van der Waals surface area contributed by atoms with Crippen LogP contribution in [0.2, 0.25) is 0 Å². The van der Waals surface area contributed by atoms with Gasteiger partial charge in [-0.3, -0.25) is 4.79 Å². The third kappa shape index (κ3) is 3.84. The Labute approximate surface area is 110 Å². The number of benzene rings is 1. The summed E-state index contributed by atoms with van der Waals surface area (Å²) in [5.74, 6) is 1.53. The van der Waals surface area contributed by atoms with Crippen LogP contribution in [0.25, 0.3) is 0 Å². The molecule has 0 amide bonds. The Hall–Kier alpha value is -0.830. The number of hydrogen-bond acceptors (Lipinski definition) is 2. The van der Waals surface area contributed by atoms with E-state index in [0.29, 0.717) is 12.4 Å². The van der Waals surface area contributed by atoms with Gasteiger partial charge in [0.25, 0.3) is 0 Å². The third-order valence-electron chi connectivity index (χ3n) is 3.23. The number of ether oxygens (including phenoxy) is 1. The van der Waals surface area contributed by atoms with Gasteiger partial charge in [-0.15, -0.1) is 0 Å². The highest BCUT2D eigenvalue weighted by Crippen LogP contribution is 2.24. The average Bonchev–Trinajstić information content (AvgIpc) is 2.34. The lowest BCUT2D eigenvalue weighted by molar-refractivity contribution is -0.125. The van der Waals surface area contributed by atoms with Crippen molar-refractivity contribution in [1.82, 2.24) is 0 Å². The Morgan fingerprint density at radius 3 is 2.71 bits per heavy atom. The molecule has 0 N–H and O–H groups in total. The summed E-state index contributed by atoms with van der Waals surface area (Å²) in [5, 5.41) is 0. The summed E-state index contributed by atoms with van der Waals surface area (Å²) in [6.45, 7) is 0.637. The standard InChI is InChI=1S/C14H17BrO2/c15-12-5-7-13(8-6-12)17-10-9-11-3-1-2-4-14(11)16/h5-8,11H,1-4,9-10H2. The molecule has 1 atom stereocenters. The first kappa shape index (κ1) is 12.6. The zero-order valence-corrected chi connectivity index (χ0v) is 11.4. The summed E-state index contributed by atoms with van der Waals surface area (Å²) in [6, 6.07) is 7.79. The molecule has 0 bridgehead atoms. The van der Waals surface area contributed by atoms with Gasteiger partial charge in [-0.05, 0) is 43.5 Å². The molecule has 0 radical (unpaired) electrons. The van der Waals surface area contributed by atoms with Crippen molar-refractivity contribution in [1.29, 1.82) is 0 Å². The van der Waals surface area contributed by atoms with Crippen LogP contribution in [0.4, 0.5) is 0 Å². The number of Topliss-reactive ketones (excluding diaryl/α,β-unsaturated/α-hetero) is 1. The van der Waals surface area contributed by atoms with E-state index >= 15 is 0 Å². The van der Waals surface area contributed by atoms with Gasteiger partial charge in [0, 0.05) is 16.8 Å². The molecule has 0 heterocycles. The van der Waals surface area contributed by atoms with Crippen LogP contribution < -0.4 is 4.74 Å². The topological polar surface area (TPSA) is 26.3 Å². The van der Waals surface area contributed by atoms with E-state index in [-0.39, 0.29) is 5.92 Å². The average molecular weight is 297 g/mol. The van der Waals surface area contributed by atoms with Gasteiger partial charge in [-0.2, -0.15) is 0 Å².